The average molecular weight is 215 g/mol. The van der Waals surface area contributed by atoms with Crippen LogP contribution in [0.5, 0.6) is 0 Å². The van der Waals surface area contributed by atoms with Gasteiger partial charge in [-0.15, -0.1) is 17.8 Å². The van der Waals surface area contributed by atoms with Crippen LogP contribution in [0, 0.1) is 12.3 Å². The number of terminal acetylenes is 1. The van der Waals surface area contributed by atoms with Crippen molar-refractivity contribution in [1.29, 1.82) is 0 Å². The van der Waals surface area contributed by atoms with E-state index in [1.165, 1.54) is 11.3 Å². The summed E-state index contributed by atoms with van der Waals surface area (Å²) in [5.41, 5.74) is 0.583. The third-order valence-corrected chi connectivity index (χ3v) is 2.47. The molecule has 0 unspecified atom stereocenters. The minimum Gasteiger partial charge on any atom is -0.279 e. The van der Waals surface area contributed by atoms with Crippen molar-refractivity contribution in [3.8, 4) is 12.3 Å². The summed E-state index contributed by atoms with van der Waals surface area (Å²) < 4.78 is 0.922. The summed E-state index contributed by atoms with van der Waals surface area (Å²) in [6.45, 7) is 0. The molecule has 1 rings (SSSR count). The number of thiophene rings is 1. The number of rotatable bonds is 1. The lowest BCUT2D eigenvalue weighted by atomic mass is 10.2. The number of ketones is 1. The standard InChI is InChI=1S/C7H3BrOS/c1-2-6(9)5-3-7(8)10-4-5/h1,3-4H. The van der Waals surface area contributed by atoms with Crippen molar-refractivity contribution in [3.05, 3.63) is 20.8 Å². The van der Waals surface area contributed by atoms with E-state index < -0.39 is 0 Å². The van der Waals surface area contributed by atoms with Crippen LogP contribution in [0.25, 0.3) is 0 Å². The van der Waals surface area contributed by atoms with Crippen molar-refractivity contribution in [2.45, 2.75) is 0 Å². The zero-order chi connectivity index (χ0) is 7.56. The predicted molar refractivity (Wildman–Crippen MR) is 45.2 cm³/mol. The first-order valence-corrected chi connectivity index (χ1v) is 4.16. The van der Waals surface area contributed by atoms with Gasteiger partial charge in [-0.2, -0.15) is 0 Å². The molecule has 0 radical (unpaired) electrons. The minimum atomic E-state index is -0.262. The van der Waals surface area contributed by atoms with E-state index in [1.54, 1.807) is 11.4 Å². The molecule has 0 aromatic carbocycles. The largest absolute Gasteiger partial charge is 0.279 e. The molecular weight excluding hydrogens is 212 g/mol. The van der Waals surface area contributed by atoms with Crippen molar-refractivity contribution >= 4 is 33.0 Å². The van der Waals surface area contributed by atoms with Gasteiger partial charge in [0.15, 0.2) is 0 Å². The van der Waals surface area contributed by atoms with Crippen LogP contribution in [-0.4, -0.2) is 5.78 Å². The Morgan fingerprint density at radius 3 is 2.90 bits per heavy atom. The fourth-order valence-corrected chi connectivity index (χ4v) is 1.65. The highest BCUT2D eigenvalue weighted by Gasteiger charge is 2.02. The summed E-state index contributed by atoms with van der Waals surface area (Å²) >= 11 is 4.68. The van der Waals surface area contributed by atoms with Crippen molar-refractivity contribution in [3.63, 3.8) is 0 Å². The smallest absolute Gasteiger partial charge is 0.236 e. The zero-order valence-electron chi connectivity index (χ0n) is 4.93. The molecule has 0 amide bonds. The van der Waals surface area contributed by atoms with Gasteiger partial charge in [0.2, 0.25) is 5.78 Å². The molecule has 0 saturated heterocycles. The Hall–Kier alpha value is -0.590. The number of carbonyl (C=O) groups excluding carboxylic acids is 1. The maximum absolute atomic E-state index is 10.8. The molecule has 0 spiro atoms. The number of carbonyl (C=O) groups is 1. The molecule has 3 heteroatoms. The Morgan fingerprint density at radius 2 is 2.50 bits per heavy atom. The molecule has 1 aromatic heterocycles. The first-order valence-electron chi connectivity index (χ1n) is 2.49. The Bertz CT molecular complexity index is 295. The Labute approximate surface area is 71.2 Å². The summed E-state index contributed by atoms with van der Waals surface area (Å²) in [5.74, 6) is 1.78. The lowest BCUT2D eigenvalue weighted by molar-refractivity contribution is 0.105. The quantitative estimate of drug-likeness (QED) is 0.399. The van der Waals surface area contributed by atoms with Gasteiger partial charge in [-0.25, -0.2) is 0 Å². The zero-order valence-corrected chi connectivity index (χ0v) is 7.33. The van der Waals surface area contributed by atoms with Gasteiger partial charge in [-0.05, 0) is 27.9 Å². The molecule has 1 nitrogen and oxygen atoms in total. The van der Waals surface area contributed by atoms with Gasteiger partial charge in [-0.1, -0.05) is 0 Å². The Kier molecular flexibility index (Phi) is 2.25. The highest BCUT2D eigenvalue weighted by Crippen LogP contribution is 2.20. The first kappa shape index (κ1) is 7.52. The summed E-state index contributed by atoms with van der Waals surface area (Å²) in [4.78, 5) is 10.8. The SMILES string of the molecule is C#CC(=O)c1csc(Br)c1. The van der Waals surface area contributed by atoms with Crippen molar-refractivity contribution < 1.29 is 4.79 Å². The second-order valence-corrected chi connectivity index (χ2v) is 3.90. The maximum atomic E-state index is 10.8. The highest BCUT2D eigenvalue weighted by atomic mass is 79.9. The van der Waals surface area contributed by atoms with Gasteiger partial charge >= 0.3 is 0 Å². The molecule has 10 heavy (non-hydrogen) atoms. The molecule has 0 atom stereocenters. The van der Waals surface area contributed by atoms with Crippen molar-refractivity contribution in [2.24, 2.45) is 0 Å². The van der Waals surface area contributed by atoms with Crippen LogP contribution in [0.1, 0.15) is 10.4 Å². The van der Waals surface area contributed by atoms with Crippen molar-refractivity contribution in [2.75, 3.05) is 0 Å². The summed E-state index contributed by atoms with van der Waals surface area (Å²) in [6.07, 6.45) is 4.90. The van der Waals surface area contributed by atoms with E-state index in [4.69, 9.17) is 6.42 Å². The summed E-state index contributed by atoms with van der Waals surface area (Å²) in [7, 11) is 0. The van der Waals surface area contributed by atoms with Crippen LogP contribution in [0.2, 0.25) is 0 Å². The van der Waals surface area contributed by atoms with Crippen molar-refractivity contribution in [1.82, 2.24) is 0 Å². The molecule has 0 fully saturated rings. The molecule has 0 bridgehead atoms. The van der Waals surface area contributed by atoms with E-state index in [9.17, 15) is 4.79 Å². The Balaban J connectivity index is 2.98. The number of halogens is 1. The van der Waals surface area contributed by atoms with E-state index in [1.807, 2.05) is 5.92 Å². The average Bonchev–Trinajstić information content (AvgIpc) is 2.34. The molecule has 50 valence electrons. The molecule has 1 aromatic rings. The lowest BCUT2D eigenvalue weighted by Gasteiger charge is -1.80. The maximum Gasteiger partial charge on any atom is 0.236 e. The molecule has 0 saturated carbocycles. The van der Waals surface area contributed by atoms with Crippen LogP contribution in [-0.2, 0) is 0 Å². The third kappa shape index (κ3) is 1.47. The van der Waals surface area contributed by atoms with E-state index in [2.05, 4.69) is 15.9 Å². The fraction of sp³-hybridized carbons (Fsp3) is 0. The van der Waals surface area contributed by atoms with Crippen LogP contribution >= 0.6 is 27.3 Å². The van der Waals surface area contributed by atoms with E-state index in [-0.39, 0.29) is 5.78 Å². The topological polar surface area (TPSA) is 17.1 Å². The highest BCUT2D eigenvalue weighted by molar-refractivity contribution is 9.11. The normalized spacial score (nSPS) is 8.80. The molecule has 0 aliphatic carbocycles. The van der Waals surface area contributed by atoms with Gasteiger partial charge in [0.25, 0.3) is 0 Å². The monoisotopic (exact) mass is 214 g/mol. The predicted octanol–water partition coefficient (Wildman–Crippen LogP) is 2.33. The first-order chi connectivity index (χ1) is 4.74. The molecular formula is C7H3BrOS. The van der Waals surface area contributed by atoms with E-state index >= 15 is 0 Å². The number of hydrogen-bond donors (Lipinski definition) is 0. The van der Waals surface area contributed by atoms with E-state index in [0.29, 0.717) is 5.56 Å². The number of hydrogen-bond acceptors (Lipinski definition) is 2. The second-order valence-electron chi connectivity index (χ2n) is 1.61. The van der Waals surface area contributed by atoms with Crippen LogP contribution in [0.4, 0.5) is 0 Å². The van der Waals surface area contributed by atoms with Gasteiger partial charge in [0.1, 0.15) is 0 Å². The number of Topliss-reactive ketones (excluding diaryl/α,β-unsaturated/α-hetero) is 1. The Morgan fingerprint density at radius 1 is 1.80 bits per heavy atom. The molecule has 0 aliphatic heterocycles. The van der Waals surface area contributed by atoms with Gasteiger partial charge in [0, 0.05) is 10.9 Å². The van der Waals surface area contributed by atoms with Gasteiger partial charge < -0.3 is 0 Å². The van der Waals surface area contributed by atoms with Crippen LogP contribution < -0.4 is 0 Å². The molecule has 0 aliphatic rings. The molecule has 1 heterocycles. The third-order valence-electron chi connectivity index (χ3n) is 0.961. The summed E-state index contributed by atoms with van der Waals surface area (Å²) in [6, 6.07) is 1.72. The second kappa shape index (κ2) is 3.00. The summed E-state index contributed by atoms with van der Waals surface area (Å²) in [5, 5.41) is 1.73. The molecule has 0 N–H and O–H groups in total. The van der Waals surface area contributed by atoms with Gasteiger partial charge in [0.05, 0.1) is 3.79 Å². The minimum absolute atomic E-state index is 0.262. The van der Waals surface area contributed by atoms with Gasteiger partial charge in [-0.3, -0.25) is 4.79 Å². The lowest BCUT2D eigenvalue weighted by Crippen LogP contribution is -1.89. The van der Waals surface area contributed by atoms with E-state index in [0.717, 1.165) is 3.79 Å². The fourth-order valence-electron chi connectivity index (χ4n) is 0.512. The van der Waals surface area contributed by atoms with Crippen LogP contribution in [0.15, 0.2) is 15.2 Å². The van der Waals surface area contributed by atoms with Crippen LogP contribution in [0.3, 0.4) is 0 Å².